The molecule has 1 aromatic heterocycles. The number of hydrogen-bond acceptors (Lipinski definition) is 4. The molecular formula is C23H29N3O4S. The number of nitrogens with one attached hydrogen (secondary N) is 1. The van der Waals surface area contributed by atoms with Crippen LogP contribution in [0.15, 0.2) is 12.1 Å². The molecule has 7 nitrogen and oxygen atoms in total. The third kappa shape index (κ3) is 3.14. The molecule has 31 heavy (non-hydrogen) atoms. The molecule has 0 atom stereocenters. The lowest BCUT2D eigenvalue weighted by atomic mass is 9.85. The Morgan fingerprint density at radius 1 is 1.06 bits per heavy atom. The normalized spacial score (nSPS) is 22.6. The number of nitrogens with zero attached hydrogens (tertiary/aromatic N) is 2. The number of carbonyl (C=O) groups excluding carboxylic acids is 2. The Bertz CT molecular complexity index is 1200. The highest BCUT2D eigenvalue weighted by molar-refractivity contribution is 7.88. The first kappa shape index (κ1) is 20.7. The Morgan fingerprint density at radius 2 is 1.74 bits per heavy atom. The van der Waals surface area contributed by atoms with Gasteiger partial charge in [0.15, 0.2) is 5.78 Å². The molecule has 3 heterocycles. The number of hydrogen-bond donors (Lipinski definition) is 1. The van der Waals surface area contributed by atoms with E-state index in [2.05, 4.69) is 17.1 Å². The van der Waals surface area contributed by atoms with Crippen molar-refractivity contribution in [2.24, 2.45) is 0 Å². The number of aromatic amines is 1. The molecule has 1 N–H and O–H groups in total. The first-order valence-corrected chi connectivity index (χ1v) is 12.9. The van der Waals surface area contributed by atoms with Crippen molar-refractivity contribution in [3.63, 3.8) is 0 Å². The van der Waals surface area contributed by atoms with Gasteiger partial charge in [-0.1, -0.05) is 0 Å². The van der Waals surface area contributed by atoms with Crippen LogP contribution in [0, 0.1) is 0 Å². The molecule has 0 spiro atoms. The van der Waals surface area contributed by atoms with Crippen LogP contribution in [0.25, 0.3) is 10.9 Å². The standard InChI is InChI=1S/C23H29N3O4S/c1-23(2)17-13-18-16(15-6-4-5-7-20(27)21(15)24-18)12-19(17)26(22(23)28)14-8-10-25(11-9-14)31(3,29)30/h12-14,24H,4-11H2,1-3H3. The minimum Gasteiger partial charge on any atom is -0.352 e. The zero-order chi connectivity index (χ0) is 22.1. The monoisotopic (exact) mass is 443 g/mol. The van der Waals surface area contributed by atoms with Gasteiger partial charge in [-0.2, -0.15) is 0 Å². The molecule has 0 saturated carbocycles. The maximum Gasteiger partial charge on any atom is 0.237 e. The summed E-state index contributed by atoms with van der Waals surface area (Å²) in [5.41, 5.74) is 3.95. The number of aryl methyl sites for hydroxylation is 1. The third-order valence-corrected chi connectivity index (χ3v) is 8.63. The molecule has 2 aliphatic heterocycles. The number of fused-ring (bicyclic) bond motifs is 4. The van der Waals surface area contributed by atoms with Crippen molar-refractivity contribution in [2.75, 3.05) is 24.2 Å². The van der Waals surface area contributed by atoms with Crippen LogP contribution in [0.3, 0.4) is 0 Å². The fraction of sp³-hybridized carbons (Fsp3) is 0.565. The summed E-state index contributed by atoms with van der Waals surface area (Å²) >= 11 is 0. The van der Waals surface area contributed by atoms with E-state index in [1.54, 1.807) is 0 Å². The van der Waals surface area contributed by atoms with Gasteiger partial charge in [0, 0.05) is 42.1 Å². The summed E-state index contributed by atoms with van der Waals surface area (Å²) in [5, 5.41) is 1.04. The number of Topliss-reactive ketones (excluding diaryl/α,β-unsaturated/α-hetero) is 1. The third-order valence-electron chi connectivity index (χ3n) is 7.33. The Kier molecular flexibility index (Phi) is 4.61. The summed E-state index contributed by atoms with van der Waals surface area (Å²) in [7, 11) is -3.22. The van der Waals surface area contributed by atoms with Crippen molar-refractivity contribution in [3.8, 4) is 0 Å². The molecule has 5 rings (SSSR count). The van der Waals surface area contributed by atoms with E-state index in [0.29, 0.717) is 32.4 Å². The van der Waals surface area contributed by atoms with Crippen LogP contribution < -0.4 is 4.90 Å². The molecule has 1 fully saturated rings. The summed E-state index contributed by atoms with van der Waals surface area (Å²) in [5.74, 6) is 0.235. The van der Waals surface area contributed by atoms with E-state index in [1.165, 1.54) is 10.6 Å². The van der Waals surface area contributed by atoms with Crippen molar-refractivity contribution in [2.45, 2.75) is 63.8 Å². The molecular weight excluding hydrogens is 414 g/mol. The van der Waals surface area contributed by atoms with Gasteiger partial charge in [0.25, 0.3) is 0 Å². The zero-order valence-electron chi connectivity index (χ0n) is 18.3. The largest absolute Gasteiger partial charge is 0.352 e. The van der Waals surface area contributed by atoms with Crippen molar-refractivity contribution in [1.82, 2.24) is 9.29 Å². The van der Waals surface area contributed by atoms with Gasteiger partial charge in [-0.05, 0) is 69.2 Å². The molecule has 1 saturated heterocycles. The predicted octanol–water partition coefficient (Wildman–Crippen LogP) is 3.13. The van der Waals surface area contributed by atoms with Gasteiger partial charge in [0.2, 0.25) is 15.9 Å². The first-order chi connectivity index (χ1) is 14.6. The number of benzene rings is 1. The lowest BCUT2D eigenvalue weighted by Gasteiger charge is -2.36. The van der Waals surface area contributed by atoms with E-state index in [1.807, 2.05) is 18.7 Å². The summed E-state index contributed by atoms with van der Waals surface area (Å²) in [6.45, 7) is 4.76. The number of amides is 1. The van der Waals surface area contributed by atoms with Crippen LogP contribution >= 0.6 is 0 Å². The first-order valence-electron chi connectivity index (χ1n) is 11.1. The number of sulfonamides is 1. The van der Waals surface area contributed by atoms with Gasteiger partial charge in [-0.3, -0.25) is 9.59 Å². The second-order valence-corrected chi connectivity index (χ2v) is 11.7. The number of piperidine rings is 1. The molecule has 1 amide bonds. The fourth-order valence-electron chi connectivity index (χ4n) is 5.52. The Hall–Kier alpha value is -2.19. The van der Waals surface area contributed by atoms with E-state index in [4.69, 9.17) is 0 Å². The number of aromatic nitrogens is 1. The minimum atomic E-state index is -3.22. The Labute approximate surface area is 182 Å². The lowest BCUT2D eigenvalue weighted by molar-refractivity contribution is -0.122. The molecule has 3 aliphatic rings. The second kappa shape index (κ2) is 6.90. The molecule has 2 aromatic rings. The number of H-pyrrole nitrogens is 1. The van der Waals surface area contributed by atoms with Gasteiger partial charge < -0.3 is 9.88 Å². The van der Waals surface area contributed by atoms with Crippen molar-refractivity contribution in [1.29, 1.82) is 0 Å². The highest BCUT2D eigenvalue weighted by Gasteiger charge is 2.47. The van der Waals surface area contributed by atoms with Crippen LogP contribution in [-0.2, 0) is 26.7 Å². The van der Waals surface area contributed by atoms with E-state index in [0.717, 1.165) is 52.7 Å². The number of anilines is 1. The number of carbonyl (C=O) groups is 2. The van der Waals surface area contributed by atoms with Crippen molar-refractivity contribution >= 4 is 38.3 Å². The maximum atomic E-state index is 13.5. The molecule has 0 radical (unpaired) electrons. The smallest absolute Gasteiger partial charge is 0.237 e. The zero-order valence-corrected chi connectivity index (χ0v) is 19.1. The van der Waals surface area contributed by atoms with E-state index in [-0.39, 0.29) is 17.7 Å². The van der Waals surface area contributed by atoms with Gasteiger partial charge in [-0.25, -0.2) is 12.7 Å². The summed E-state index contributed by atoms with van der Waals surface area (Å²) in [4.78, 5) is 31.3. The highest BCUT2D eigenvalue weighted by Crippen LogP contribution is 2.46. The molecule has 166 valence electrons. The average Bonchev–Trinajstić information content (AvgIpc) is 3.08. The summed E-state index contributed by atoms with van der Waals surface area (Å²) in [6, 6.07) is 4.12. The Balaban J connectivity index is 1.58. The van der Waals surface area contributed by atoms with Crippen LogP contribution in [0.1, 0.15) is 67.6 Å². The van der Waals surface area contributed by atoms with Gasteiger partial charge in [0.1, 0.15) is 0 Å². The minimum absolute atomic E-state index is 0.0253. The highest BCUT2D eigenvalue weighted by atomic mass is 32.2. The fourth-order valence-corrected chi connectivity index (χ4v) is 6.39. The molecule has 0 unspecified atom stereocenters. The lowest BCUT2D eigenvalue weighted by Crippen LogP contribution is -2.49. The predicted molar refractivity (Wildman–Crippen MR) is 120 cm³/mol. The Morgan fingerprint density at radius 3 is 2.42 bits per heavy atom. The number of ketones is 1. The van der Waals surface area contributed by atoms with E-state index >= 15 is 0 Å². The molecule has 1 aromatic carbocycles. The van der Waals surface area contributed by atoms with E-state index in [9.17, 15) is 18.0 Å². The van der Waals surface area contributed by atoms with Crippen molar-refractivity contribution < 1.29 is 18.0 Å². The second-order valence-electron chi connectivity index (χ2n) is 9.72. The average molecular weight is 444 g/mol. The van der Waals surface area contributed by atoms with Gasteiger partial charge >= 0.3 is 0 Å². The molecule has 0 bridgehead atoms. The van der Waals surface area contributed by atoms with Crippen molar-refractivity contribution in [3.05, 3.63) is 29.0 Å². The SMILES string of the molecule is CC1(C)C(=O)N(C2CCN(S(C)(=O)=O)CC2)c2cc3c4c([nH]c3cc21)C(=O)CCCC4. The van der Waals surface area contributed by atoms with Crippen LogP contribution in [-0.4, -0.2) is 54.8 Å². The maximum absolute atomic E-state index is 13.5. The van der Waals surface area contributed by atoms with Gasteiger partial charge in [-0.15, -0.1) is 0 Å². The number of rotatable bonds is 2. The summed E-state index contributed by atoms with van der Waals surface area (Å²) in [6.07, 6.45) is 5.82. The molecule has 1 aliphatic carbocycles. The van der Waals surface area contributed by atoms with Crippen LogP contribution in [0.4, 0.5) is 5.69 Å². The van der Waals surface area contributed by atoms with E-state index < -0.39 is 15.4 Å². The quantitative estimate of drug-likeness (QED) is 0.722. The summed E-state index contributed by atoms with van der Waals surface area (Å²) < 4.78 is 25.3. The van der Waals surface area contributed by atoms with Gasteiger partial charge in [0.05, 0.1) is 17.4 Å². The topological polar surface area (TPSA) is 90.6 Å². The van der Waals surface area contributed by atoms with Crippen LogP contribution in [0.2, 0.25) is 0 Å². The van der Waals surface area contributed by atoms with Crippen LogP contribution in [0.5, 0.6) is 0 Å². The molecule has 8 heteroatoms.